The summed E-state index contributed by atoms with van der Waals surface area (Å²) in [7, 11) is 1.54. The van der Waals surface area contributed by atoms with Crippen molar-refractivity contribution < 1.29 is 14.6 Å². The number of aromatic nitrogens is 1. The lowest BCUT2D eigenvalue weighted by molar-refractivity contribution is 0.0243. The number of aliphatic hydroxyl groups is 1. The van der Waals surface area contributed by atoms with Crippen LogP contribution in [0.1, 0.15) is 29.4 Å². The highest BCUT2D eigenvalue weighted by Gasteiger charge is 2.21. The number of carbonyl (C=O) groups excluding carboxylic acids is 1. The Morgan fingerprint density at radius 3 is 2.84 bits per heavy atom. The van der Waals surface area contributed by atoms with Crippen LogP contribution in [0.15, 0.2) is 17.1 Å². The van der Waals surface area contributed by atoms with Gasteiger partial charge >= 0.3 is 0 Å². The van der Waals surface area contributed by atoms with Crippen molar-refractivity contribution in [3.05, 3.63) is 33.7 Å². The Kier molecular flexibility index (Phi) is 5.26. The zero-order valence-corrected chi connectivity index (χ0v) is 11.4. The van der Waals surface area contributed by atoms with Crippen LogP contribution in [0.3, 0.4) is 0 Å². The summed E-state index contributed by atoms with van der Waals surface area (Å²) in [5.74, 6) is -0.501. The summed E-state index contributed by atoms with van der Waals surface area (Å²) in [5, 5.41) is 12.5. The van der Waals surface area contributed by atoms with Gasteiger partial charge in [-0.25, -0.2) is 0 Å². The minimum absolute atomic E-state index is 0.0353. The van der Waals surface area contributed by atoms with Crippen molar-refractivity contribution in [3.8, 4) is 0 Å². The van der Waals surface area contributed by atoms with Crippen molar-refractivity contribution in [1.82, 2.24) is 10.3 Å². The molecule has 106 valence electrons. The molecule has 1 atom stereocenters. The fraction of sp³-hybridized carbons (Fsp3) is 0.538. The van der Waals surface area contributed by atoms with E-state index in [4.69, 9.17) is 4.74 Å². The van der Waals surface area contributed by atoms with Gasteiger partial charge in [0.2, 0.25) is 0 Å². The first-order valence-electron chi connectivity index (χ1n) is 6.04. The van der Waals surface area contributed by atoms with E-state index in [0.29, 0.717) is 18.7 Å². The molecule has 0 aromatic carbocycles. The van der Waals surface area contributed by atoms with Crippen LogP contribution in [0.25, 0.3) is 0 Å². The summed E-state index contributed by atoms with van der Waals surface area (Å²) >= 11 is 0. The van der Waals surface area contributed by atoms with E-state index in [1.807, 2.05) is 0 Å². The highest BCUT2D eigenvalue weighted by atomic mass is 16.5. The second-order valence-electron chi connectivity index (χ2n) is 4.82. The van der Waals surface area contributed by atoms with Crippen LogP contribution in [-0.2, 0) is 4.74 Å². The number of hydrogen-bond donors (Lipinski definition) is 3. The number of aryl methyl sites for hydroxylation is 1. The van der Waals surface area contributed by atoms with Crippen molar-refractivity contribution in [3.63, 3.8) is 0 Å². The van der Waals surface area contributed by atoms with Gasteiger partial charge in [-0.15, -0.1) is 0 Å². The molecule has 1 amide bonds. The molecule has 0 saturated carbocycles. The molecule has 0 aliphatic rings. The van der Waals surface area contributed by atoms with Crippen LogP contribution in [0.4, 0.5) is 0 Å². The molecule has 0 radical (unpaired) electrons. The number of hydrogen-bond acceptors (Lipinski definition) is 4. The van der Waals surface area contributed by atoms with Crippen LogP contribution in [-0.4, -0.2) is 41.9 Å². The number of carbonyl (C=O) groups is 1. The molecule has 1 aromatic heterocycles. The number of aromatic amines is 1. The van der Waals surface area contributed by atoms with Crippen LogP contribution in [0.2, 0.25) is 0 Å². The average molecular weight is 268 g/mol. The summed E-state index contributed by atoms with van der Waals surface area (Å²) in [6.45, 7) is 3.79. The maximum absolute atomic E-state index is 11.8. The molecule has 1 rings (SSSR count). The predicted octanol–water partition coefficient (Wildman–Crippen LogP) is 0.201. The number of rotatable bonds is 6. The third-order valence-corrected chi connectivity index (χ3v) is 2.78. The molecule has 3 N–H and O–H groups in total. The molecular formula is C13H20N2O4. The number of nitrogens with one attached hydrogen (secondary N) is 2. The fourth-order valence-electron chi connectivity index (χ4n) is 1.53. The summed E-state index contributed by atoms with van der Waals surface area (Å²) in [4.78, 5) is 26.2. The molecule has 0 aliphatic carbocycles. The van der Waals surface area contributed by atoms with Crippen LogP contribution in [0.5, 0.6) is 0 Å². The maximum Gasteiger partial charge on any atom is 0.256 e. The molecule has 0 saturated heterocycles. The number of methoxy groups -OCH3 is 1. The van der Waals surface area contributed by atoms with Crippen LogP contribution >= 0.6 is 0 Å². The standard InChI is InChI=1S/C13H20N2O4/c1-9-6-11(16)10(7-14-9)12(17)15-8-13(2,18)4-5-19-3/h6-7,18H,4-5,8H2,1-3H3,(H,14,16)(H,15,17). The first kappa shape index (κ1) is 15.4. The van der Waals surface area contributed by atoms with Crippen molar-refractivity contribution >= 4 is 5.91 Å². The minimum Gasteiger partial charge on any atom is -0.388 e. The largest absolute Gasteiger partial charge is 0.388 e. The van der Waals surface area contributed by atoms with Crippen molar-refractivity contribution in [2.45, 2.75) is 25.9 Å². The van der Waals surface area contributed by atoms with Gasteiger partial charge in [-0.1, -0.05) is 0 Å². The summed E-state index contributed by atoms with van der Waals surface area (Å²) in [6.07, 6.45) is 1.77. The van der Waals surface area contributed by atoms with E-state index in [1.54, 1.807) is 21.0 Å². The van der Waals surface area contributed by atoms with Crippen molar-refractivity contribution in [1.29, 1.82) is 0 Å². The Labute approximate surface area is 111 Å². The Balaban J connectivity index is 2.63. The van der Waals surface area contributed by atoms with E-state index >= 15 is 0 Å². The van der Waals surface area contributed by atoms with Gasteiger partial charge < -0.3 is 20.1 Å². The number of pyridine rings is 1. The molecule has 0 aliphatic heterocycles. The van der Waals surface area contributed by atoms with E-state index in [-0.39, 0.29) is 17.5 Å². The Morgan fingerprint density at radius 2 is 2.26 bits per heavy atom. The first-order chi connectivity index (χ1) is 8.85. The topological polar surface area (TPSA) is 91.4 Å². The van der Waals surface area contributed by atoms with Gasteiger partial charge in [-0.3, -0.25) is 9.59 Å². The highest BCUT2D eigenvalue weighted by molar-refractivity contribution is 5.93. The van der Waals surface area contributed by atoms with Gasteiger partial charge in [-0.05, 0) is 13.8 Å². The summed E-state index contributed by atoms with van der Waals surface area (Å²) in [6, 6.07) is 1.36. The Bertz CT molecular complexity index is 494. The van der Waals surface area contributed by atoms with Gasteiger partial charge in [0, 0.05) is 44.6 Å². The monoisotopic (exact) mass is 268 g/mol. The zero-order chi connectivity index (χ0) is 14.5. The predicted molar refractivity (Wildman–Crippen MR) is 71.2 cm³/mol. The second kappa shape index (κ2) is 6.49. The quantitative estimate of drug-likeness (QED) is 0.687. The second-order valence-corrected chi connectivity index (χ2v) is 4.82. The molecule has 1 heterocycles. The summed E-state index contributed by atoms with van der Waals surface area (Å²) < 4.78 is 4.87. The van der Waals surface area contributed by atoms with E-state index < -0.39 is 11.5 Å². The summed E-state index contributed by atoms with van der Waals surface area (Å²) in [5.41, 5.74) is -0.685. The average Bonchev–Trinajstić information content (AvgIpc) is 2.34. The molecule has 0 bridgehead atoms. The first-order valence-corrected chi connectivity index (χ1v) is 6.04. The lowest BCUT2D eigenvalue weighted by Gasteiger charge is -2.23. The maximum atomic E-state index is 11.8. The fourth-order valence-corrected chi connectivity index (χ4v) is 1.53. The molecule has 0 fully saturated rings. The lowest BCUT2D eigenvalue weighted by atomic mass is 10.0. The van der Waals surface area contributed by atoms with E-state index in [1.165, 1.54) is 12.3 Å². The third-order valence-electron chi connectivity index (χ3n) is 2.78. The van der Waals surface area contributed by atoms with E-state index in [0.717, 1.165) is 0 Å². The molecule has 1 aromatic rings. The van der Waals surface area contributed by atoms with Gasteiger partial charge in [0.15, 0.2) is 5.43 Å². The SMILES string of the molecule is COCCC(C)(O)CNC(=O)c1c[nH]c(C)cc1=O. The highest BCUT2D eigenvalue weighted by Crippen LogP contribution is 2.07. The number of H-pyrrole nitrogens is 1. The molecule has 6 heteroatoms. The minimum atomic E-state index is -1.07. The molecule has 1 unspecified atom stereocenters. The Morgan fingerprint density at radius 1 is 1.58 bits per heavy atom. The zero-order valence-electron chi connectivity index (χ0n) is 11.4. The van der Waals surface area contributed by atoms with Gasteiger partial charge in [0.25, 0.3) is 5.91 Å². The van der Waals surface area contributed by atoms with Crippen molar-refractivity contribution in [2.75, 3.05) is 20.3 Å². The van der Waals surface area contributed by atoms with Crippen LogP contribution in [0, 0.1) is 6.92 Å². The molecular weight excluding hydrogens is 248 g/mol. The van der Waals surface area contributed by atoms with Crippen LogP contribution < -0.4 is 10.7 Å². The van der Waals surface area contributed by atoms with Gasteiger partial charge in [0.05, 0.1) is 5.60 Å². The van der Waals surface area contributed by atoms with Gasteiger partial charge in [-0.2, -0.15) is 0 Å². The smallest absolute Gasteiger partial charge is 0.256 e. The van der Waals surface area contributed by atoms with E-state index in [2.05, 4.69) is 10.3 Å². The molecule has 19 heavy (non-hydrogen) atoms. The van der Waals surface area contributed by atoms with Crippen molar-refractivity contribution in [2.24, 2.45) is 0 Å². The lowest BCUT2D eigenvalue weighted by Crippen LogP contribution is -2.42. The number of amides is 1. The number of ether oxygens (including phenoxy) is 1. The molecule has 6 nitrogen and oxygen atoms in total. The third kappa shape index (κ3) is 4.84. The van der Waals surface area contributed by atoms with E-state index in [9.17, 15) is 14.7 Å². The normalized spacial score (nSPS) is 13.9. The Hall–Kier alpha value is -1.66. The molecule has 0 spiro atoms. The van der Waals surface area contributed by atoms with Gasteiger partial charge in [0.1, 0.15) is 5.56 Å².